The lowest BCUT2D eigenvalue weighted by Gasteiger charge is -2.28. The number of rotatable bonds is 8. The number of nitrogen functional groups attached to an aromatic ring is 1. The molecule has 1 saturated heterocycles. The summed E-state index contributed by atoms with van der Waals surface area (Å²) >= 11 is 0. The van der Waals surface area contributed by atoms with Gasteiger partial charge in [0, 0.05) is 35.0 Å². The molecule has 1 aliphatic heterocycles. The third-order valence-electron chi connectivity index (χ3n) is 8.70. The molecule has 1 aromatic carbocycles. The highest BCUT2D eigenvalue weighted by atomic mass is 19.1. The predicted octanol–water partition coefficient (Wildman–Crippen LogP) is 5.35. The molecule has 12 heteroatoms. The van der Waals surface area contributed by atoms with Gasteiger partial charge in [-0.3, -0.25) is 0 Å². The Kier molecular flexibility index (Phi) is 7.50. The Hall–Kier alpha value is -5.10. The van der Waals surface area contributed by atoms with Crippen LogP contribution in [0.5, 0.6) is 11.6 Å². The molecule has 1 aliphatic rings. The average Bonchev–Trinajstić information content (AvgIpc) is 3.62. The molecule has 0 aliphatic carbocycles. The van der Waals surface area contributed by atoms with Crippen LogP contribution in [0.1, 0.15) is 37.8 Å². The number of hydrogen-bond donors (Lipinski definition) is 2. The van der Waals surface area contributed by atoms with Crippen molar-refractivity contribution in [2.45, 2.75) is 32.2 Å². The number of fused-ring (bicyclic) bond motifs is 2. The van der Waals surface area contributed by atoms with Gasteiger partial charge < -0.3 is 24.9 Å². The van der Waals surface area contributed by atoms with Crippen LogP contribution < -0.4 is 10.5 Å². The first-order valence-corrected chi connectivity index (χ1v) is 15.1. The fourth-order valence-electron chi connectivity index (χ4n) is 6.25. The fraction of sp³-hybridized carbons (Fsp3) is 0.303. The number of benzene rings is 1. The smallest absolute Gasteiger partial charge is 0.233 e. The van der Waals surface area contributed by atoms with Crippen molar-refractivity contribution in [3.63, 3.8) is 0 Å². The van der Waals surface area contributed by atoms with Crippen LogP contribution in [0.25, 0.3) is 39.2 Å². The molecule has 3 N–H and O–H groups in total. The van der Waals surface area contributed by atoms with Gasteiger partial charge in [0.2, 0.25) is 5.88 Å². The lowest BCUT2D eigenvalue weighted by molar-refractivity contribution is 0.185. The van der Waals surface area contributed by atoms with E-state index in [9.17, 15) is 9.50 Å². The molecule has 5 aromatic heterocycles. The lowest BCUT2D eigenvalue weighted by Crippen LogP contribution is -2.30. The minimum atomic E-state index is -0.593. The van der Waals surface area contributed by atoms with Crippen molar-refractivity contribution >= 4 is 22.4 Å². The van der Waals surface area contributed by atoms with E-state index in [2.05, 4.69) is 42.6 Å². The second-order valence-electron chi connectivity index (χ2n) is 11.7. The Morgan fingerprint density at radius 2 is 1.91 bits per heavy atom. The van der Waals surface area contributed by atoms with Gasteiger partial charge in [0.1, 0.15) is 35.1 Å². The molecule has 1 unspecified atom stereocenters. The number of piperidine rings is 1. The van der Waals surface area contributed by atoms with Crippen LogP contribution in [0.3, 0.4) is 0 Å². The Balaban J connectivity index is 1.23. The van der Waals surface area contributed by atoms with E-state index in [1.165, 1.54) is 31.3 Å². The van der Waals surface area contributed by atoms with Gasteiger partial charge in [0.05, 0.1) is 23.7 Å². The number of aromatic nitrogens is 7. The van der Waals surface area contributed by atoms with Gasteiger partial charge in [-0.05, 0) is 88.6 Å². The number of phenolic OH excluding ortho intramolecular Hbond substituents is 1. The topological polar surface area (TPSA) is 133 Å². The zero-order chi connectivity index (χ0) is 31.1. The monoisotopic (exact) mass is 607 g/mol. The van der Waals surface area contributed by atoms with E-state index < -0.39 is 5.82 Å². The van der Waals surface area contributed by atoms with Gasteiger partial charge >= 0.3 is 0 Å². The number of nitrogens with zero attached hydrogens (tertiary/aromatic N) is 8. The normalized spacial score (nSPS) is 15.2. The molecule has 0 spiro atoms. The van der Waals surface area contributed by atoms with Gasteiger partial charge in [0.15, 0.2) is 5.65 Å². The van der Waals surface area contributed by atoms with Gasteiger partial charge in [0.25, 0.3) is 0 Å². The molecule has 7 rings (SSSR count). The zero-order valence-corrected chi connectivity index (χ0v) is 25.1. The maximum absolute atomic E-state index is 14.3. The molecular weight excluding hydrogens is 573 g/mol. The minimum Gasteiger partial charge on any atom is -0.508 e. The third kappa shape index (κ3) is 5.53. The predicted molar refractivity (Wildman–Crippen MR) is 169 cm³/mol. The van der Waals surface area contributed by atoms with Crippen molar-refractivity contribution in [3.05, 3.63) is 78.5 Å². The molecule has 6 aromatic rings. The molecule has 11 nitrogen and oxygen atoms in total. The third-order valence-corrected chi connectivity index (χ3v) is 8.70. The summed E-state index contributed by atoms with van der Waals surface area (Å²) in [5.41, 5.74) is 10.9. The summed E-state index contributed by atoms with van der Waals surface area (Å²) in [5, 5.41) is 24.4. The maximum atomic E-state index is 14.3. The van der Waals surface area contributed by atoms with Crippen LogP contribution in [-0.4, -0.2) is 71.1 Å². The Morgan fingerprint density at radius 3 is 2.69 bits per heavy atom. The summed E-state index contributed by atoms with van der Waals surface area (Å²) in [5.74, 6) is 0.567. The maximum Gasteiger partial charge on any atom is 0.233 e. The number of anilines is 1. The first kappa shape index (κ1) is 28.7. The summed E-state index contributed by atoms with van der Waals surface area (Å²) < 4.78 is 24.1. The van der Waals surface area contributed by atoms with Crippen LogP contribution in [-0.2, 0) is 0 Å². The van der Waals surface area contributed by atoms with Crippen LogP contribution in [0.4, 0.5) is 10.2 Å². The fourth-order valence-corrected chi connectivity index (χ4v) is 6.25. The number of halogens is 1. The summed E-state index contributed by atoms with van der Waals surface area (Å²) in [4.78, 5) is 11.0. The van der Waals surface area contributed by atoms with Gasteiger partial charge in [-0.15, -0.1) is 10.2 Å². The number of nitrogens with two attached hydrogens (primary N) is 1. The summed E-state index contributed by atoms with van der Waals surface area (Å²) in [6.07, 6.45) is 6.76. The number of phenols is 1. The van der Waals surface area contributed by atoms with E-state index >= 15 is 0 Å². The Labute approximate surface area is 259 Å². The zero-order valence-electron chi connectivity index (χ0n) is 25.1. The first-order chi connectivity index (χ1) is 21.9. The molecule has 0 amide bonds. The van der Waals surface area contributed by atoms with E-state index in [1.54, 1.807) is 4.68 Å². The largest absolute Gasteiger partial charge is 0.508 e. The van der Waals surface area contributed by atoms with Crippen LogP contribution in [0.15, 0.2) is 67.1 Å². The van der Waals surface area contributed by atoms with Crippen molar-refractivity contribution in [2.24, 2.45) is 5.92 Å². The second-order valence-corrected chi connectivity index (χ2v) is 11.7. The van der Waals surface area contributed by atoms with Crippen LogP contribution in [0, 0.1) is 11.7 Å². The Bertz CT molecular complexity index is 1960. The minimum absolute atomic E-state index is 0.205. The van der Waals surface area contributed by atoms with Gasteiger partial charge in [-0.25, -0.2) is 19.0 Å². The van der Waals surface area contributed by atoms with Crippen molar-refractivity contribution in [1.29, 1.82) is 0 Å². The molecule has 230 valence electrons. The molecule has 1 atom stereocenters. The summed E-state index contributed by atoms with van der Waals surface area (Å²) in [7, 11) is 2.17. The number of ether oxygens (including phenoxy) is 1. The SMILES string of the molecule is CC(c1cc2ccccn2c1-c1ccc(OCCC2CCN(C)CC2)nn1)n1nc(-c2cc(O)cc(F)c2)c2c(N)ncnc21. The highest BCUT2D eigenvalue weighted by Crippen LogP contribution is 2.38. The van der Waals surface area contributed by atoms with E-state index in [4.69, 9.17) is 15.6 Å². The highest BCUT2D eigenvalue weighted by molar-refractivity contribution is 5.98. The summed E-state index contributed by atoms with van der Waals surface area (Å²) in [6, 6.07) is 15.2. The van der Waals surface area contributed by atoms with Crippen molar-refractivity contribution in [2.75, 3.05) is 32.5 Å². The molecular formula is C33H34FN9O2. The standard InChI is InChI=1S/C33H34FN9O2/c1-20(43-33-29(32(35)36-19-37-33)30(40-43)22-15-23(34)17-25(44)16-22)26-18-24-5-3-4-11-42(24)31(26)27-6-7-28(39-38-27)45-14-10-21-8-12-41(2)13-9-21/h3-7,11,15-21,44H,8-10,12-14H2,1-2H3,(H2,35,36,37). The molecule has 45 heavy (non-hydrogen) atoms. The van der Waals surface area contributed by atoms with E-state index in [-0.39, 0.29) is 17.6 Å². The van der Waals surface area contributed by atoms with Gasteiger partial charge in [-0.1, -0.05) is 6.07 Å². The molecule has 0 bridgehead atoms. The number of hydrogen-bond acceptors (Lipinski definition) is 9. The number of likely N-dealkylation sites (tertiary alicyclic amines) is 1. The Morgan fingerprint density at radius 1 is 1.07 bits per heavy atom. The summed E-state index contributed by atoms with van der Waals surface area (Å²) in [6.45, 7) is 4.89. The highest BCUT2D eigenvalue weighted by Gasteiger charge is 2.26. The van der Waals surface area contributed by atoms with Crippen LogP contribution >= 0.6 is 0 Å². The van der Waals surface area contributed by atoms with E-state index in [0.29, 0.717) is 46.4 Å². The van der Waals surface area contributed by atoms with E-state index in [1.807, 2.05) is 43.5 Å². The second kappa shape index (κ2) is 11.8. The van der Waals surface area contributed by atoms with Crippen molar-refractivity contribution in [1.82, 2.24) is 39.2 Å². The molecule has 1 fully saturated rings. The molecule has 6 heterocycles. The first-order valence-electron chi connectivity index (χ1n) is 15.1. The van der Waals surface area contributed by atoms with Gasteiger partial charge in [-0.2, -0.15) is 5.10 Å². The average molecular weight is 608 g/mol. The quantitative estimate of drug-likeness (QED) is 0.235. The van der Waals surface area contributed by atoms with E-state index in [0.717, 1.165) is 42.4 Å². The molecule has 0 radical (unpaired) electrons. The lowest BCUT2D eigenvalue weighted by atomic mass is 9.94. The number of aromatic hydroxyl groups is 1. The van der Waals surface area contributed by atoms with Crippen LogP contribution in [0.2, 0.25) is 0 Å². The van der Waals surface area contributed by atoms with Crippen molar-refractivity contribution < 1.29 is 14.2 Å². The van der Waals surface area contributed by atoms with Crippen molar-refractivity contribution in [3.8, 4) is 34.3 Å². The molecule has 0 saturated carbocycles. The number of pyridine rings is 1.